The van der Waals surface area contributed by atoms with Crippen LogP contribution in [0.25, 0.3) is 0 Å². The molecule has 0 bridgehead atoms. The molecule has 0 saturated carbocycles. The number of rotatable bonds is 2. The van der Waals surface area contributed by atoms with Gasteiger partial charge in [0.15, 0.2) is 0 Å². The van der Waals surface area contributed by atoms with Crippen molar-refractivity contribution in [3.05, 3.63) is 35.4 Å². The number of benzene rings is 1. The molecule has 2 rings (SSSR count). The van der Waals surface area contributed by atoms with Crippen molar-refractivity contribution in [2.24, 2.45) is 0 Å². The van der Waals surface area contributed by atoms with Crippen LogP contribution in [0, 0.1) is 11.6 Å². The molecule has 2 atom stereocenters. The molecule has 162 valence electrons. The van der Waals surface area contributed by atoms with Crippen molar-refractivity contribution in [3.8, 4) is 0 Å². The highest BCUT2D eigenvalue weighted by atomic mass is 19.4. The summed E-state index contributed by atoms with van der Waals surface area (Å²) in [5.74, 6) is -3.60. The van der Waals surface area contributed by atoms with Crippen molar-refractivity contribution >= 4 is 12.0 Å². The topological polar surface area (TPSA) is 49.9 Å². The average molecular weight is 422 g/mol. The Balaban J connectivity index is 2.37. The Kier molecular flexibility index (Phi) is 6.44. The van der Waals surface area contributed by atoms with Gasteiger partial charge < -0.3 is 14.5 Å². The smallest absolute Gasteiger partial charge is 0.444 e. The van der Waals surface area contributed by atoms with Gasteiger partial charge in [-0.15, -0.1) is 0 Å². The van der Waals surface area contributed by atoms with E-state index in [1.165, 1.54) is 0 Å². The molecule has 1 heterocycles. The number of hydrogen-bond donors (Lipinski definition) is 0. The Bertz CT molecular complexity index is 776. The zero-order valence-corrected chi connectivity index (χ0v) is 16.5. The number of halogens is 5. The highest BCUT2D eigenvalue weighted by Crippen LogP contribution is 2.36. The second kappa shape index (κ2) is 8.16. The number of carbonyl (C=O) groups excluding carboxylic acids is 2. The zero-order chi connectivity index (χ0) is 22.1. The van der Waals surface area contributed by atoms with Crippen LogP contribution >= 0.6 is 0 Å². The SMILES string of the molecule is CN(C(=O)C(F)(F)F)[C@H]1CCN(C(=O)OC(C)(C)C)[C@H](c2cc(F)ccc2F)C1. The molecule has 0 radical (unpaired) electrons. The van der Waals surface area contributed by atoms with Gasteiger partial charge in [0.2, 0.25) is 0 Å². The van der Waals surface area contributed by atoms with Gasteiger partial charge in [0.25, 0.3) is 0 Å². The van der Waals surface area contributed by atoms with Gasteiger partial charge >= 0.3 is 18.2 Å². The number of piperidine rings is 1. The predicted octanol–water partition coefficient (Wildman–Crippen LogP) is 4.43. The number of amides is 2. The van der Waals surface area contributed by atoms with Crippen LogP contribution in [0.5, 0.6) is 0 Å². The second-order valence-corrected chi connectivity index (χ2v) is 7.95. The Morgan fingerprint density at radius 3 is 2.34 bits per heavy atom. The third-order valence-electron chi connectivity index (χ3n) is 4.63. The van der Waals surface area contributed by atoms with Gasteiger partial charge in [-0.05, 0) is 51.8 Å². The third kappa shape index (κ3) is 5.57. The van der Waals surface area contributed by atoms with Crippen LogP contribution in [0.2, 0.25) is 0 Å². The molecule has 0 unspecified atom stereocenters. The maximum atomic E-state index is 14.4. The molecule has 1 aliphatic heterocycles. The fourth-order valence-corrected chi connectivity index (χ4v) is 3.27. The highest BCUT2D eigenvalue weighted by molar-refractivity contribution is 5.82. The van der Waals surface area contributed by atoms with Crippen LogP contribution in [0.15, 0.2) is 18.2 Å². The van der Waals surface area contributed by atoms with Crippen LogP contribution in [0.3, 0.4) is 0 Å². The van der Waals surface area contributed by atoms with E-state index in [1.54, 1.807) is 20.8 Å². The first-order valence-corrected chi connectivity index (χ1v) is 8.99. The summed E-state index contributed by atoms with van der Waals surface area (Å²) in [6.07, 6.45) is -6.02. The fourth-order valence-electron chi connectivity index (χ4n) is 3.27. The van der Waals surface area contributed by atoms with E-state index < -0.39 is 47.5 Å². The summed E-state index contributed by atoms with van der Waals surface area (Å²) in [5.41, 5.74) is -1.05. The first-order chi connectivity index (χ1) is 13.2. The molecular weight excluding hydrogens is 399 g/mol. The molecule has 0 aliphatic carbocycles. The summed E-state index contributed by atoms with van der Waals surface area (Å²) >= 11 is 0. The van der Waals surface area contributed by atoms with Crippen molar-refractivity contribution in [1.29, 1.82) is 0 Å². The van der Waals surface area contributed by atoms with E-state index in [1.807, 2.05) is 0 Å². The van der Waals surface area contributed by atoms with E-state index >= 15 is 0 Å². The highest BCUT2D eigenvalue weighted by Gasteiger charge is 2.45. The first kappa shape index (κ1) is 22.9. The molecule has 5 nitrogen and oxygen atoms in total. The van der Waals surface area contributed by atoms with Gasteiger partial charge in [-0.2, -0.15) is 13.2 Å². The molecule has 1 saturated heterocycles. The van der Waals surface area contributed by atoms with Crippen LogP contribution in [0.1, 0.15) is 45.2 Å². The molecule has 1 aliphatic rings. The zero-order valence-electron chi connectivity index (χ0n) is 16.5. The molecular formula is C19H23F5N2O3. The van der Waals surface area contributed by atoms with E-state index in [0.29, 0.717) is 4.90 Å². The summed E-state index contributed by atoms with van der Waals surface area (Å²) < 4.78 is 71.8. The average Bonchev–Trinajstić information content (AvgIpc) is 2.59. The molecule has 0 aromatic heterocycles. The molecule has 1 aromatic rings. The van der Waals surface area contributed by atoms with Crippen LogP contribution in [0.4, 0.5) is 26.7 Å². The second-order valence-electron chi connectivity index (χ2n) is 7.95. The van der Waals surface area contributed by atoms with Gasteiger partial charge in [0.1, 0.15) is 17.2 Å². The summed E-state index contributed by atoms with van der Waals surface area (Å²) in [7, 11) is 1.00. The Morgan fingerprint density at radius 2 is 1.79 bits per heavy atom. The van der Waals surface area contributed by atoms with Crippen molar-refractivity contribution in [1.82, 2.24) is 9.80 Å². The Morgan fingerprint density at radius 1 is 1.17 bits per heavy atom. The van der Waals surface area contributed by atoms with Crippen LogP contribution in [-0.2, 0) is 9.53 Å². The standard InChI is InChI=1S/C19H23F5N2O3/c1-18(2,3)29-17(28)26-8-7-12(25(4)16(27)19(22,23)24)10-15(26)13-9-11(20)5-6-14(13)21/h5-6,9,12,15H,7-8,10H2,1-4H3/t12-,15-/m0/s1. The van der Waals surface area contributed by atoms with E-state index in [0.717, 1.165) is 30.1 Å². The van der Waals surface area contributed by atoms with Gasteiger partial charge in [0, 0.05) is 25.2 Å². The lowest BCUT2D eigenvalue weighted by Gasteiger charge is -2.43. The number of likely N-dealkylation sites (tertiary alicyclic amines) is 1. The molecule has 0 spiro atoms. The summed E-state index contributed by atoms with van der Waals surface area (Å²) in [5, 5.41) is 0. The van der Waals surface area contributed by atoms with Gasteiger partial charge in [-0.25, -0.2) is 13.6 Å². The van der Waals surface area contributed by atoms with E-state index in [4.69, 9.17) is 4.74 Å². The molecule has 10 heteroatoms. The van der Waals surface area contributed by atoms with Crippen molar-refractivity contribution in [3.63, 3.8) is 0 Å². The largest absolute Gasteiger partial charge is 0.471 e. The number of ether oxygens (including phenoxy) is 1. The first-order valence-electron chi connectivity index (χ1n) is 8.99. The van der Waals surface area contributed by atoms with E-state index in [2.05, 4.69) is 0 Å². The Labute approximate surface area is 165 Å². The fraction of sp³-hybridized carbons (Fsp3) is 0.579. The minimum atomic E-state index is -5.06. The molecule has 1 aromatic carbocycles. The number of nitrogens with zero attached hydrogens (tertiary/aromatic N) is 2. The lowest BCUT2D eigenvalue weighted by atomic mass is 9.90. The lowest BCUT2D eigenvalue weighted by molar-refractivity contribution is -0.187. The minimum absolute atomic E-state index is 0.0327. The molecule has 0 N–H and O–H groups in total. The third-order valence-corrected chi connectivity index (χ3v) is 4.63. The number of alkyl halides is 3. The summed E-state index contributed by atoms with van der Waals surface area (Å²) in [6, 6.07) is 0.659. The van der Waals surface area contributed by atoms with Crippen molar-refractivity contribution in [2.45, 2.75) is 57.5 Å². The lowest BCUT2D eigenvalue weighted by Crippen LogP contribution is -2.52. The predicted molar refractivity (Wildman–Crippen MR) is 93.9 cm³/mol. The van der Waals surface area contributed by atoms with E-state index in [-0.39, 0.29) is 24.9 Å². The van der Waals surface area contributed by atoms with Gasteiger partial charge in [-0.3, -0.25) is 4.79 Å². The van der Waals surface area contributed by atoms with Crippen molar-refractivity contribution in [2.75, 3.05) is 13.6 Å². The summed E-state index contributed by atoms with van der Waals surface area (Å²) in [4.78, 5) is 25.9. The molecule has 29 heavy (non-hydrogen) atoms. The van der Waals surface area contributed by atoms with Gasteiger partial charge in [0.05, 0.1) is 6.04 Å². The molecule has 1 fully saturated rings. The maximum Gasteiger partial charge on any atom is 0.471 e. The number of carbonyl (C=O) groups is 2. The maximum absolute atomic E-state index is 14.4. The normalized spacial score (nSPS) is 20.4. The molecule has 2 amide bonds. The quantitative estimate of drug-likeness (QED) is 0.663. The summed E-state index contributed by atoms with van der Waals surface area (Å²) in [6.45, 7) is 4.80. The minimum Gasteiger partial charge on any atom is -0.444 e. The van der Waals surface area contributed by atoms with Crippen molar-refractivity contribution < 1.29 is 36.3 Å². The van der Waals surface area contributed by atoms with Gasteiger partial charge in [-0.1, -0.05) is 0 Å². The van der Waals surface area contributed by atoms with Crippen LogP contribution in [-0.4, -0.2) is 53.2 Å². The van der Waals surface area contributed by atoms with Crippen LogP contribution < -0.4 is 0 Å². The monoisotopic (exact) mass is 422 g/mol. The van der Waals surface area contributed by atoms with E-state index in [9.17, 15) is 31.5 Å². The Hall–Kier alpha value is -2.39. The number of hydrogen-bond acceptors (Lipinski definition) is 3.